The smallest absolute Gasteiger partial charge is 0.246 e. The molecule has 2 N–H and O–H groups in total. The zero-order valence-corrected chi connectivity index (χ0v) is 14.5. The first kappa shape index (κ1) is 17.7. The van der Waals surface area contributed by atoms with Gasteiger partial charge in [-0.05, 0) is 44.9 Å². The quantitative estimate of drug-likeness (QED) is 0.876. The third-order valence-corrected chi connectivity index (χ3v) is 4.48. The number of hydrogen-bond donors (Lipinski definition) is 2. The first-order valence-corrected chi connectivity index (χ1v) is 8.72. The van der Waals surface area contributed by atoms with E-state index >= 15 is 0 Å². The molecule has 1 aromatic carbocycles. The highest BCUT2D eigenvalue weighted by Crippen LogP contribution is 2.25. The fourth-order valence-corrected chi connectivity index (χ4v) is 3.45. The van der Waals surface area contributed by atoms with Crippen molar-refractivity contribution >= 4 is 23.2 Å². The molecule has 2 saturated heterocycles. The molecule has 0 unspecified atom stereocenters. The number of halogens is 1. The van der Waals surface area contributed by atoms with Crippen molar-refractivity contribution in [3.05, 3.63) is 24.0 Å². The molecule has 6 nitrogen and oxygen atoms in total. The van der Waals surface area contributed by atoms with Gasteiger partial charge < -0.3 is 20.3 Å². The molecular formula is C18H24FN3O3. The molecule has 2 amide bonds. The number of nitrogens with one attached hydrogen (secondary N) is 2. The van der Waals surface area contributed by atoms with E-state index in [1.54, 1.807) is 6.07 Å². The summed E-state index contributed by atoms with van der Waals surface area (Å²) in [6, 6.07) is 3.95. The van der Waals surface area contributed by atoms with Crippen LogP contribution >= 0.6 is 0 Å². The van der Waals surface area contributed by atoms with E-state index < -0.39 is 11.9 Å². The molecule has 2 heterocycles. The molecule has 0 radical (unpaired) electrons. The van der Waals surface area contributed by atoms with E-state index in [0.717, 1.165) is 0 Å². The number of ether oxygens (including phenoxy) is 1. The number of morpholine rings is 1. The van der Waals surface area contributed by atoms with Crippen LogP contribution in [0.2, 0.25) is 0 Å². The minimum absolute atomic E-state index is 0.0579. The topological polar surface area (TPSA) is 70.7 Å². The predicted molar refractivity (Wildman–Crippen MR) is 93.0 cm³/mol. The monoisotopic (exact) mass is 349 g/mol. The van der Waals surface area contributed by atoms with Gasteiger partial charge in [0, 0.05) is 30.9 Å². The van der Waals surface area contributed by atoms with Crippen molar-refractivity contribution < 1.29 is 18.7 Å². The fraction of sp³-hybridized carbons (Fsp3) is 0.556. The second-order valence-electron chi connectivity index (χ2n) is 6.86. The van der Waals surface area contributed by atoms with Crippen molar-refractivity contribution in [2.45, 2.75) is 51.4 Å². The van der Waals surface area contributed by atoms with Crippen molar-refractivity contribution in [2.24, 2.45) is 0 Å². The maximum Gasteiger partial charge on any atom is 0.246 e. The molecule has 0 saturated carbocycles. The van der Waals surface area contributed by atoms with Gasteiger partial charge in [0.2, 0.25) is 11.8 Å². The highest BCUT2D eigenvalue weighted by atomic mass is 19.1. The zero-order chi connectivity index (χ0) is 18.0. The second kappa shape index (κ2) is 7.39. The molecule has 0 aliphatic carbocycles. The number of benzene rings is 1. The molecule has 0 bridgehead atoms. The van der Waals surface area contributed by atoms with Crippen LogP contribution in [-0.4, -0.2) is 43.2 Å². The minimum Gasteiger partial charge on any atom is -0.372 e. The third kappa shape index (κ3) is 4.48. The first-order valence-electron chi connectivity index (χ1n) is 8.72. The summed E-state index contributed by atoms with van der Waals surface area (Å²) in [6.07, 6.45) is 1.84. The summed E-state index contributed by atoms with van der Waals surface area (Å²) < 4.78 is 19.8. The Morgan fingerprint density at radius 3 is 2.68 bits per heavy atom. The van der Waals surface area contributed by atoms with Crippen LogP contribution in [0.4, 0.5) is 15.8 Å². The molecule has 25 heavy (non-hydrogen) atoms. The van der Waals surface area contributed by atoms with Gasteiger partial charge in [0.25, 0.3) is 0 Å². The minimum atomic E-state index is -0.559. The molecule has 0 aromatic heterocycles. The van der Waals surface area contributed by atoms with Crippen LogP contribution in [0.25, 0.3) is 0 Å². The lowest BCUT2D eigenvalue weighted by Crippen LogP contribution is -2.46. The Hall–Kier alpha value is -2.15. The third-order valence-electron chi connectivity index (χ3n) is 4.48. The Labute approximate surface area is 146 Å². The number of piperidine rings is 1. The maximum atomic E-state index is 14.1. The summed E-state index contributed by atoms with van der Waals surface area (Å²) in [5.74, 6) is -0.844. The molecule has 7 heteroatoms. The van der Waals surface area contributed by atoms with Crippen molar-refractivity contribution in [2.75, 3.05) is 23.3 Å². The second-order valence-corrected chi connectivity index (χ2v) is 6.86. The van der Waals surface area contributed by atoms with Gasteiger partial charge in [0.1, 0.15) is 11.9 Å². The molecule has 3 rings (SSSR count). The number of carbonyl (C=O) groups excluding carboxylic acids is 2. The number of amides is 2. The van der Waals surface area contributed by atoms with E-state index in [9.17, 15) is 14.0 Å². The van der Waals surface area contributed by atoms with Crippen LogP contribution in [0.5, 0.6) is 0 Å². The van der Waals surface area contributed by atoms with Gasteiger partial charge in [-0.2, -0.15) is 0 Å². The predicted octanol–water partition coefficient (Wildman–Crippen LogP) is 2.05. The lowest BCUT2D eigenvalue weighted by molar-refractivity contribution is -0.128. The summed E-state index contributed by atoms with van der Waals surface area (Å²) in [6.45, 7) is 5.30. The van der Waals surface area contributed by atoms with Gasteiger partial charge in [-0.3, -0.25) is 9.59 Å². The van der Waals surface area contributed by atoms with Crippen molar-refractivity contribution in [1.82, 2.24) is 5.32 Å². The Balaban J connectivity index is 1.73. The average molecular weight is 349 g/mol. The highest BCUT2D eigenvalue weighted by Gasteiger charge is 2.26. The van der Waals surface area contributed by atoms with Crippen LogP contribution in [0.3, 0.4) is 0 Å². The molecule has 1 aromatic rings. The molecule has 136 valence electrons. The lowest BCUT2D eigenvalue weighted by atomic mass is 10.0. The average Bonchev–Trinajstić information content (AvgIpc) is 2.53. The van der Waals surface area contributed by atoms with Crippen LogP contribution < -0.4 is 15.5 Å². The SMILES string of the molecule is C[C@@H]1CN(c2cc(F)cc(NC(=O)[C@H]3CCCC(=O)N3)c2)C[C@H](C)O1. The summed E-state index contributed by atoms with van der Waals surface area (Å²) in [4.78, 5) is 25.8. The van der Waals surface area contributed by atoms with E-state index in [-0.39, 0.29) is 24.0 Å². The largest absolute Gasteiger partial charge is 0.372 e. The highest BCUT2D eigenvalue weighted by molar-refractivity contribution is 5.98. The van der Waals surface area contributed by atoms with Crippen molar-refractivity contribution in [1.29, 1.82) is 0 Å². The van der Waals surface area contributed by atoms with E-state index in [0.29, 0.717) is 43.7 Å². The van der Waals surface area contributed by atoms with E-state index in [4.69, 9.17) is 4.74 Å². The summed E-state index contributed by atoms with van der Waals surface area (Å²) >= 11 is 0. The Bertz CT molecular complexity index is 657. The number of anilines is 2. The van der Waals surface area contributed by atoms with Crippen molar-refractivity contribution in [3.63, 3.8) is 0 Å². The van der Waals surface area contributed by atoms with Gasteiger partial charge >= 0.3 is 0 Å². The van der Waals surface area contributed by atoms with Crippen LogP contribution in [0.15, 0.2) is 18.2 Å². The number of hydrogen-bond acceptors (Lipinski definition) is 4. The Morgan fingerprint density at radius 1 is 1.28 bits per heavy atom. The molecule has 2 fully saturated rings. The standard InChI is InChI=1S/C18H24FN3O3/c1-11-9-22(10-12(2)25-11)15-7-13(19)6-14(8-15)20-18(24)16-4-3-5-17(23)21-16/h6-8,11-12,16H,3-5,9-10H2,1-2H3,(H,20,24)(H,21,23)/t11-,12+,16-/m1/s1. The van der Waals surface area contributed by atoms with Crippen LogP contribution in [0.1, 0.15) is 33.1 Å². The van der Waals surface area contributed by atoms with Gasteiger partial charge in [0.05, 0.1) is 12.2 Å². The van der Waals surface area contributed by atoms with E-state index in [1.165, 1.54) is 12.1 Å². The summed E-state index contributed by atoms with van der Waals surface area (Å²) in [5, 5.41) is 5.39. The van der Waals surface area contributed by atoms with E-state index in [2.05, 4.69) is 15.5 Å². The Kier molecular flexibility index (Phi) is 5.22. The number of nitrogens with zero attached hydrogens (tertiary/aromatic N) is 1. The summed E-state index contributed by atoms with van der Waals surface area (Å²) in [7, 11) is 0. The Morgan fingerprint density at radius 2 is 2.00 bits per heavy atom. The van der Waals surface area contributed by atoms with Crippen LogP contribution in [0, 0.1) is 5.82 Å². The first-order chi connectivity index (χ1) is 11.9. The molecule has 3 atom stereocenters. The number of carbonyl (C=O) groups is 2. The fourth-order valence-electron chi connectivity index (χ4n) is 3.45. The van der Waals surface area contributed by atoms with E-state index in [1.807, 2.05) is 13.8 Å². The molecule has 2 aliphatic heterocycles. The van der Waals surface area contributed by atoms with Gasteiger partial charge in [-0.15, -0.1) is 0 Å². The zero-order valence-electron chi connectivity index (χ0n) is 14.5. The van der Waals surface area contributed by atoms with Gasteiger partial charge in [0.15, 0.2) is 0 Å². The van der Waals surface area contributed by atoms with Crippen LogP contribution in [-0.2, 0) is 14.3 Å². The van der Waals surface area contributed by atoms with Gasteiger partial charge in [-0.1, -0.05) is 0 Å². The number of rotatable bonds is 3. The maximum absolute atomic E-state index is 14.1. The van der Waals surface area contributed by atoms with Gasteiger partial charge in [-0.25, -0.2) is 4.39 Å². The summed E-state index contributed by atoms with van der Waals surface area (Å²) in [5.41, 5.74) is 1.11. The lowest BCUT2D eigenvalue weighted by Gasteiger charge is -2.37. The normalized spacial score (nSPS) is 26.9. The molecule has 2 aliphatic rings. The molecule has 0 spiro atoms. The molecular weight excluding hydrogens is 325 g/mol. The van der Waals surface area contributed by atoms with Crippen molar-refractivity contribution in [3.8, 4) is 0 Å².